The molecule has 19 heavy (non-hydrogen) atoms. The summed E-state index contributed by atoms with van der Waals surface area (Å²) in [5, 5.41) is 0. The molecule has 102 valence electrons. The van der Waals surface area contributed by atoms with Crippen molar-refractivity contribution in [1.82, 2.24) is 9.55 Å². The summed E-state index contributed by atoms with van der Waals surface area (Å²) in [6, 6.07) is 3.60. The first kappa shape index (κ1) is 13.5. The minimum absolute atomic E-state index is 0.119. The van der Waals surface area contributed by atoms with Crippen LogP contribution in [-0.4, -0.2) is 23.7 Å². The van der Waals surface area contributed by atoms with E-state index in [0.717, 1.165) is 6.07 Å². The molecular weight excluding hydrogens is 269 g/mol. The first-order valence-corrected chi connectivity index (χ1v) is 7.38. The lowest BCUT2D eigenvalue weighted by molar-refractivity contribution is 0.562. The Morgan fingerprint density at radius 1 is 1.37 bits per heavy atom. The van der Waals surface area contributed by atoms with Gasteiger partial charge < -0.3 is 10.3 Å². The minimum atomic E-state index is -3.63. The lowest BCUT2D eigenvalue weighted by atomic mass is 10.3. The number of anilines is 1. The minimum Gasteiger partial charge on any atom is -0.399 e. The van der Waals surface area contributed by atoms with Crippen molar-refractivity contribution in [3.8, 4) is 0 Å². The van der Waals surface area contributed by atoms with Crippen LogP contribution in [0, 0.1) is 5.82 Å². The van der Waals surface area contributed by atoms with Crippen molar-refractivity contribution in [3.05, 3.63) is 42.7 Å². The SMILES string of the molecule is Nc1ccc(S(=O)(=O)CCCn2ccnc2)c(F)c1. The lowest BCUT2D eigenvalue weighted by Crippen LogP contribution is -2.11. The molecule has 2 rings (SSSR count). The van der Waals surface area contributed by atoms with Gasteiger partial charge in [0.15, 0.2) is 9.84 Å². The summed E-state index contributed by atoms with van der Waals surface area (Å²) in [5.74, 6) is -0.922. The maximum atomic E-state index is 13.6. The Morgan fingerprint density at radius 3 is 2.79 bits per heavy atom. The number of aromatic nitrogens is 2. The van der Waals surface area contributed by atoms with Crippen LogP contribution in [0.2, 0.25) is 0 Å². The zero-order valence-electron chi connectivity index (χ0n) is 10.2. The third-order valence-corrected chi connectivity index (χ3v) is 4.51. The fourth-order valence-corrected chi connectivity index (χ4v) is 3.10. The fourth-order valence-electron chi connectivity index (χ4n) is 1.74. The normalized spacial score (nSPS) is 11.6. The molecule has 1 aromatic carbocycles. The molecule has 0 aliphatic carbocycles. The van der Waals surface area contributed by atoms with Crippen LogP contribution in [0.4, 0.5) is 10.1 Å². The zero-order chi connectivity index (χ0) is 13.9. The Balaban J connectivity index is 2.05. The van der Waals surface area contributed by atoms with Gasteiger partial charge in [-0.2, -0.15) is 0 Å². The molecule has 0 aliphatic rings. The highest BCUT2D eigenvalue weighted by molar-refractivity contribution is 7.91. The van der Waals surface area contributed by atoms with Crippen LogP contribution in [-0.2, 0) is 16.4 Å². The molecule has 1 heterocycles. The van der Waals surface area contributed by atoms with E-state index in [1.807, 2.05) is 0 Å². The Bertz CT molecular complexity index is 654. The number of sulfone groups is 1. The standard InChI is InChI=1S/C12H14FN3O2S/c13-11-8-10(14)2-3-12(11)19(17,18)7-1-5-16-6-4-15-9-16/h2-4,6,8-9H,1,5,7,14H2. The molecule has 2 N–H and O–H groups in total. The summed E-state index contributed by atoms with van der Waals surface area (Å²) >= 11 is 0. The largest absolute Gasteiger partial charge is 0.399 e. The molecule has 0 spiro atoms. The smallest absolute Gasteiger partial charge is 0.181 e. The highest BCUT2D eigenvalue weighted by Gasteiger charge is 2.18. The number of halogens is 1. The molecular formula is C12H14FN3O2S. The second kappa shape index (κ2) is 5.40. The summed E-state index contributed by atoms with van der Waals surface area (Å²) in [7, 11) is -3.63. The van der Waals surface area contributed by atoms with Crippen LogP contribution in [0.3, 0.4) is 0 Å². The number of nitrogens with zero attached hydrogens (tertiary/aromatic N) is 2. The number of hydrogen-bond donors (Lipinski definition) is 1. The number of hydrogen-bond acceptors (Lipinski definition) is 4. The third kappa shape index (κ3) is 3.31. The van der Waals surface area contributed by atoms with E-state index in [2.05, 4.69) is 4.98 Å². The summed E-state index contributed by atoms with van der Waals surface area (Å²) in [5.41, 5.74) is 5.59. The molecule has 0 bridgehead atoms. The Kier molecular flexibility index (Phi) is 3.84. The van der Waals surface area contributed by atoms with Gasteiger partial charge in [-0.05, 0) is 24.6 Å². The van der Waals surface area contributed by atoms with Gasteiger partial charge in [0, 0.05) is 24.6 Å². The summed E-state index contributed by atoms with van der Waals surface area (Å²) in [6.45, 7) is 0.524. The van der Waals surface area contributed by atoms with Gasteiger partial charge in [0.2, 0.25) is 0 Å². The highest BCUT2D eigenvalue weighted by Crippen LogP contribution is 2.19. The van der Waals surface area contributed by atoms with E-state index >= 15 is 0 Å². The Hall–Kier alpha value is -1.89. The lowest BCUT2D eigenvalue weighted by Gasteiger charge is -2.06. The van der Waals surface area contributed by atoms with Gasteiger partial charge in [0.05, 0.1) is 12.1 Å². The van der Waals surface area contributed by atoms with Crippen LogP contribution < -0.4 is 5.73 Å². The van der Waals surface area contributed by atoms with E-state index in [1.165, 1.54) is 12.1 Å². The van der Waals surface area contributed by atoms with E-state index in [1.54, 1.807) is 23.3 Å². The molecule has 0 aliphatic heterocycles. The Morgan fingerprint density at radius 2 is 2.16 bits per heavy atom. The molecule has 2 aromatic rings. The maximum Gasteiger partial charge on any atom is 0.181 e. The van der Waals surface area contributed by atoms with Gasteiger partial charge >= 0.3 is 0 Å². The van der Waals surface area contributed by atoms with E-state index in [-0.39, 0.29) is 16.3 Å². The predicted molar refractivity (Wildman–Crippen MR) is 69.7 cm³/mol. The van der Waals surface area contributed by atoms with Crippen molar-refractivity contribution in [3.63, 3.8) is 0 Å². The first-order valence-electron chi connectivity index (χ1n) is 5.72. The van der Waals surface area contributed by atoms with E-state index in [9.17, 15) is 12.8 Å². The molecule has 0 saturated heterocycles. The van der Waals surface area contributed by atoms with Crippen LogP contribution >= 0.6 is 0 Å². The van der Waals surface area contributed by atoms with Crippen LogP contribution in [0.1, 0.15) is 6.42 Å². The Labute approximate surface area is 110 Å². The number of rotatable bonds is 5. The van der Waals surface area contributed by atoms with E-state index in [0.29, 0.717) is 13.0 Å². The van der Waals surface area contributed by atoms with E-state index < -0.39 is 15.7 Å². The molecule has 7 heteroatoms. The zero-order valence-corrected chi connectivity index (χ0v) is 11.0. The van der Waals surface area contributed by atoms with Crippen molar-refractivity contribution in [2.45, 2.75) is 17.9 Å². The quantitative estimate of drug-likeness (QED) is 0.843. The summed E-state index contributed by atoms with van der Waals surface area (Å²) < 4.78 is 39.3. The second-order valence-corrected chi connectivity index (χ2v) is 6.24. The monoisotopic (exact) mass is 283 g/mol. The molecule has 0 saturated carbocycles. The molecule has 0 radical (unpaired) electrons. The van der Waals surface area contributed by atoms with Crippen molar-refractivity contribution in [2.24, 2.45) is 0 Å². The van der Waals surface area contributed by atoms with Gasteiger partial charge in [-0.1, -0.05) is 0 Å². The molecule has 0 fully saturated rings. The van der Waals surface area contributed by atoms with Crippen molar-refractivity contribution in [1.29, 1.82) is 0 Å². The number of nitrogen functional groups attached to an aromatic ring is 1. The predicted octanol–water partition coefficient (Wildman–Crippen LogP) is 1.47. The van der Waals surface area contributed by atoms with Crippen molar-refractivity contribution in [2.75, 3.05) is 11.5 Å². The van der Waals surface area contributed by atoms with Gasteiger partial charge in [0.25, 0.3) is 0 Å². The molecule has 0 unspecified atom stereocenters. The molecule has 5 nitrogen and oxygen atoms in total. The summed E-state index contributed by atoms with van der Waals surface area (Å²) in [6.07, 6.45) is 5.36. The second-order valence-electron chi connectivity index (χ2n) is 4.16. The topological polar surface area (TPSA) is 78.0 Å². The van der Waals surface area contributed by atoms with Gasteiger partial charge in [0.1, 0.15) is 10.7 Å². The highest BCUT2D eigenvalue weighted by atomic mass is 32.2. The number of aryl methyl sites for hydroxylation is 1. The average molecular weight is 283 g/mol. The maximum absolute atomic E-state index is 13.6. The van der Waals surface area contributed by atoms with E-state index in [4.69, 9.17) is 5.73 Å². The van der Waals surface area contributed by atoms with Crippen molar-refractivity contribution < 1.29 is 12.8 Å². The third-order valence-electron chi connectivity index (χ3n) is 2.68. The van der Waals surface area contributed by atoms with Crippen LogP contribution in [0.15, 0.2) is 41.8 Å². The van der Waals surface area contributed by atoms with Gasteiger partial charge in [-0.3, -0.25) is 0 Å². The van der Waals surface area contributed by atoms with Gasteiger partial charge in [-0.25, -0.2) is 17.8 Å². The number of imidazole rings is 1. The van der Waals surface area contributed by atoms with Crippen LogP contribution in [0.5, 0.6) is 0 Å². The summed E-state index contributed by atoms with van der Waals surface area (Å²) in [4.78, 5) is 3.56. The van der Waals surface area contributed by atoms with Gasteiger partial charge in [-0.15, -0.1) is 0 Å². The van der Waals surface area contributed by atoms with Crippen LogP contribution in [0.25, 0.3) is 0 Å². The fraction of sp³-hybridized carbons (Fsp3) is 0.250. The van der Waals surface area contributed by atoms with Crippen molar-refractivity contribution >= 4 is 15.5 Å². The average Bonchev–Trinajstić information content (AvgIpc) is 2.81. The molecule has 0 atom stereocenters. The number of nitrogens with two attached hydrogens (primary N) is 1. The molecule has 0 amide bonds. The molecule has 1 aromatic heterocycles. The first-order chi connectivity index (χ1) is 8.99. The number of benzene rings is 1.